The van der Waals surface area contributed by atoms with Gasteiger partial charge in [0.2, 0.25) is 0 Å². The van der Waals surface area contributed by atoms with Crippen molar-refractivity contribution in [1.82, 2.24) is 0 Å². The number of unbranched alkanes of at least 4 members (excludes halogenated alkanes) is 10. The van der Waals surface area contributed by atoms with Crippen LogP contribution in [0.1, 0.15) is 84.0 Å². The van der Waals surface area contributed by atoms with Gasteiger partial charge in [0.15, 0.2) is 0 Å². The van der Waals surface area contributed by atoms with Crippen LogP contribution in [0.15, 0.2) is 12.2 Å². The zero-order valence-electron chi connectivity index (χ0n) is 14.2. The van der Waals surface area contributed by atoms with Crippen molar-refractivity contribution in [2.75, 3.05) is 19.8 Å². The Balaban J connectivity index is 1.65. The van der Waals surface area contributed by atoms with E-state index in [4.69, 9.17) is 9.47 Å². The van der Waals surface area contributed by atoms with E-state index in [-0.39, 0.29) is 0 Å². The number of rotatable bonds is 16. The van der Waals surface area contributed by atoms with Crippen molar-refractivity contribution in [2.45, 2.75) is 90.1 Å². The maximum atomic E-state index is 5.53. The van der Waals surface area contributed by atoms with Gasteiger partial charge >= 0.3 is 0 Å². The van der Waals surface area contributed by atoms with E-state index in [0.29, 0.717) is 6.10 Å². The summed E-state index contributed by atoms with van der Waals surface area (Å²) in [5, 5.41) is 0. The third kappa shape index (κ3) is 14.4. The van der Waals surface area contributed by atoms with Crippen molar-refractivity contribution in [3.63, 3.8) is 0 Å². The van der Waals surface area contributed by atoms with Crippen LogP contribution < -0.4 is 0 Å². The van der Waals surface area contributed by atoms with Gasteiger partial charge < -0.3 is 9.47 Å². The van der Waals surface area contributed by atoms with Crippen LogP contribution in [0, 0.1) is 0 Å². The van der Waals surface area contributed by atoms with Crippen LogP contribution >= 0.6 is 0 Å². The van der Waals surface area contributed by atoms with E-state index < -0.39 is 0 Å². The summed E-state index contributed by atoms with van der Waals surface area (Å²) in [4.78, 5) is 0. The van der Waals surface area contributed by atoms with Crippen molar-refractivity contribution in [3.05, 3.63) is 12.2 Å². The lowest BCUT2D eigenvalue weighted by molar-refractivity contribution is 0.113. The first-order chi connectivity index (χ1) is 10.4. The van der Waals surface area contributed by atoms with Crippen molar-refractivity contribution in [2.24, 2.45) is 0 Å². The minimum absolute atomic E-state index is 0.421. The molecule has 0 aliphatic carbocycles. The van der Waals surface area contributed by atoms with Crippen molar-refractivity contribution >= 4 is 0 Å². The largest absolute Gasteiger partial charge is 0.379 e. The molecule has 0 radical (unpaired) electrons. The molecule has 2 heteroatoms. The molecule has 0 saturated carbocycles. The average molecular weight is 296 g/mol. The Morgan fingerprint density at radius 2 is 1.43 bits per heavy atom. The molecular weight excluding hydrogens is 260 g/mol. The second-order valence-corrected chi connectivity index (χ2v) is 6.26. The zero-order valence-corrected chi connectivity index (χ0v) is 14.2. The highest BCUT2D eigenvalue weighted by atomic mass is 16.6. The Kier molecular flexibility index (Phi) is 13.0. The second-order valence-electron chi connectivity index (χ2n) is 6.26. The van der Waals surface area contributed by atoms with Gasteiger partial charge in [0.05, 0.1) is 13.2 Å². The molecular formula is C19H36O2. The molecule has 1 atom stereocenters. The minimum atomic E-state index is 0.421. The monoisotopic (exact) mass is 296 g/mol. The van der Waals surface area contributed by atoms with E-state index in [2.05, 4.69) is 19.1 Å². The lowest BCUT2D eigenvalue weighted by Gasteiger charge is -2.02. The van der Waals surface area contributed by atoms with Gasteiger partial charge in [-0.1, -0.05) is 64.0 Å². The fourth-order valence-corrected chi connectivity index (χ4v) is 2.48. The van der Waals surface area contributed by atoms with Gasteiger partial charge in [-0.3, -0.25) is 0 Å². The summed E-state index contributed by atoms with van der Waals surface area (Å²) >= 11 is 0. The van der Waals surface area contributed by atoms with Crippen LogP contribution in [-0.2, 0) is 9.47 Å². The van der Waals surface area contributed by atoms with Gasteiger partial charge in [-0.15, -0.1) is 0 Å². The standard InChI is InChI=1S/C19H36O2/c1-2-3-4-5-6-7-8-9-10-11-12-13-14-15-16-20-17-19-18-21-19/h7-8,19H,2-6,9-18H2,1H3/b8-7-. The van der Waals surface area contributed by atoms with E-state index >= 15 is 0 Å². The molecule has 2 nitrogen and oxygen atoms in total. The molecule has 124 valence electrons. The molecule has 0 aromatic heterocycles. The first kappa shape index (κ1) is 18.7. The summed E-state index contributed by atoms with van der Waals surface area (Å²) < 4.78 is 10.6. The fraction of sp³-hybridized carbons (Fsp3) is 0.895. The average Bonchev–Trinajstić information content (AvgIpc) is 3.31. The number of ether oxygens (including phenoxy) is 2. The second kappa shape index (κ2) is 14.6. The first-order valence-electron chi connectivity index (χ1n) is 9.28. The van der Waals surface area contributed by atoms with E-state index in [9.17, 15) is 0 Å². The quantitative estimate of drug-likeness (QED) is 0.208. The Bertz CT molecular complexity index is 234. The Labute approximate surface area is 132 Å². The number of epoxide rings is 1. The summed E-state index contributed by atoms with van der Waals surface area (Å²) in [5.74, 6) is 0. The minimum Gasteiger partial charge on any atom is -0.379 e. The molecule has 1 saturated heterocycles. The predicted molar refractivity (Wildman–Crippen MR) is 90.8 cm³/mol. The topological polar surface area (TPSA) is 21.8 Å². The molecule has 0 aromatic rings. The van der Waals surface area contributed by atoms with E-state index in [0.717, 1.165) is 19.8 Å². The molecule has 1 fully saturated rings. The van der Waals surface area contributed by atoms with Crippen LogP contribution in [0.25, 0.3) is 0 Å². The molecule has 1 unspecified atom stereocenters. The maximum absolute atomic E-state index is 5.53. The lowest BCUT2D eigenvalue weighted by atomic mass is 10.1. The summed E-state index contributed by atoms with van der Waals surface area (Å²) in [5.41, 5.74) is 0. The van der Waals surface area contributed by atoms with E-state index in [1.807, 2.05) is 0 Å². The molecule has 0 bridgehead atoms. The smallest absolute Gasteiger partial charge is 0.104 e. The predicted octanol–water partition coefficient (Wildman–Crippen LogP) is 5.66. The normalized spacial score (nSPS) is 17.7. The molecule has 21 heavy (non-hydrogen) atoms. The van der Waals surface area contributed by atoms with Gasteiger partial charge in [-0.25, -0.2) is 0 Å². The molecule has 0 aromatic carbocycles. The highest BCUT2D eigenvalue weighted by molar-refractivity contribution is 4.81. The van der Waals surface area contributed by atoms with Gasteiger partial charge in [-0.2, -0.15) is 0 Å². The Morgan fingerprint density at radius 3 is 2.05 bits per heavy atom. The molecule has 0 amide bonds. The zero-order chi connectivity index (χ0) is 15.0. The Morgan fingerprint density at radius 1 is 0.857 bits per heavy atom. The SMILES string of the molecule is CCCCCC/C=C\CCCCCCCCOCC1CO1. The maximum Gasteiger partial charge on any atom is 0.104 e. The summed E-state index contributed by atoms with van der Waals surface area (Å²) in [6, 6.07) is 0. The molecule has 1 aliphatic heterocycles. The Hall–Kier alpha value is -0.340. The summed E-state index contributed by atoms with van der Waals surface area (Å²) in [6.07, 6.45) is 21.3. The van der Waals surface area contributed by atoms with Crippen LogP contribution in [0.2, 0.25) is 0 Å². The third-order valence-electron chi connectivity index (χ3n) is 4.01. The first-order valence-corrected chi connectivity index (χ1v) is 9.28. The lowest BCUT2D eigenvalue weighted by Crippen LogP contribution is -2.02. The van der Waals surface area contributed by atoms with Gasteiger partial charge in [0.25, 0.3) is 0 Å². The molecule has 0 N–H and O–H groups in total. The van der Waals surface area contributed by atoms with Crippen LogP contribution in [0.3, 0.4) is 0 Å². The highest BCUT2D eigenvalue weighted by Crippen LogP contribution is 2.11. The summed E-state index contributed by atoms with van der Waals surface area (Å²) in [6.45, 7) is 4.91. The molecule has 1 rings (SSSR count). The summed E-state index contributed by atoms with van der Waals surface area (Å²) in [7, 11) is 0. The van der Waals surface area contributed by atoms with Crippen LogP contribution in [0.4, 0.5) is 0 Å². The molecule has 1 aliphatic rings. The van der Waals surface area contributed by atoms with Gasteiger partial charge in [-0.05, 0) is 32.1 Å². The van der Waals surface area contributed by atoms with E-state index in [1.165, 1.54) is 77.0 Å². The highest BCUT2D eigenvalue weighted by Gasteiger charge is 2.21. The van der Waals surface area contributed by atoms with Crippen LogP contribution in [0.5, 0.6) is 0 Å². The number of hydrogen-bond acceptors (Lipinski definition) is 2. The molecule has 1 heterocycles. The molecule has 0 spiro atoms. The van der Waals surface area contributed by atoms with Gasteiger partial charge in [0, 0.05) is 6.61 Å². The van der Waals surface area contributed by atoms with Crippen molar-refractivity contribution in [1.29, 1.82) is 0 Å². The number of hydrogen-bond donors (Lipinski definition) is 0. The third-order valence-corrected chi connectivity index (χ3v) is 4.01. The fourth-order valence-electron chi connectivity index (χ4n) is 2.48. The van der Waals surface area contributed by atoms with Crippen molar-refractivity contribution < 1.29 is 9.47 Å². The van der Waals surface area contributed by atoms with Gasteiger partial charge in [0.1, 0.15) is 6.10 Å². The van der Waals surface area contributed by atoms with Crippen LogP contribution in [-0.4, -0.2) is 25.9 Å². The van der Waals surface area contributed by atoms with E-state index in [1.54, 1.807) is 0 Å². The van der Waals surface area contributed by atoms with Crippen molar-refractivity contribution in [3.8, 4) is 0 Å². The number of allylic oxidation sites excluding steroid dienone is 2.